The average molecular weight is 455 g/mol. The Balaban J connectivity index is 1.50. The molecule has 0 unspecified atom stereocenters. The van der Waals surface area contributed by atoms with Gasteiger partial charge in [-0.3, -0.25) is 4.79 Å². The number of benzene rings is 2. The first kappa shape index (κ1) is 20.6. The van der Waals surface area contributed by atoms with Gasteiger partial charge in [-0.1, -0.05) is 54.2 Å². The Morgan fingerprint density at radius 3 is 2.63 bits per heavy atom. The summed E-state index contributed by atoms with van der Waals surface area (Å²) in [6.07, 6.45) is 0. The third kappa shape index (κ3) is 4.56. The number of amides is 1. The molecule has 0 aliphatic rings. The number of hydrogen-bond acceptors (Lipinski definition) is 7. The molecular formula is C22H18N2O3S3. The van der Waals surface area contributed by atoms with Crippen LogP contribution in [0.2, 0.25) is 0 Å². The second-order valence-electron chi connectivity index (χ2n) is 6.22. The van der Waals surface area contributed by atoms with Crippen LogP contribution in [-0.4, -0.2) is 29.2 Å². The quantitative estimate of drug-likeness (QED) is 0.277. The van der Waals surface area contributed by atoms with E-state index in [2.05, 4.69) is 10.3 Å². The Morgan fingerprint density at radius 1 is 1.10 bits per heavy atom. The summed E-state index contributed by atoms with van der Waals surface area (Å²) in [5.74, 6) is -0.418. The van der Waals surface area contributed by atoms with E-state index < -0.39 is 5.97 Å². The van der Waals surface area contributed by atoms with Crippen molar-refractivity contribution < 1.29 is 14.3 Å². The zero-order valence-electron chi connectivity index (χ0n) is 16.1. The summed E-state index contributed by atoms with van der Waals surface area (Å²) in [7, 11) is 0. The van der Waals surface area contributed by atoms with Gasteiger partial charge in [0.05, 0.1) is 22.6 Å². The minimum Gasteiger partial charge on any atom is -0.462 e. The number of ether oxygens (including phenoxy) is 1. The second kappa shape index (κ2) is 9.42. The van der Waals surface area contributed by atoms with Crippen molar-refractivity contribution in [2.75, 3.05) is 17.7 Å². The van der Waals surface area contributed by atoms with E-state index in [1.54, 1.807) is 18.3 Å². The fraction of sp³-hybridized carbons (Fsp3) is 0.136. The number of nitrogens with zero attached hydrogens (tertiary/aromatic N) is 1. The summed E-state index contributed by atoms with van der Waals surface area (Å²) < 4.78 is 7.17. The Kier molecular flexibility index (Phi) is 6.47. The Labute approximate surface area is 186 Å². The molecule has 1 amide bonds. The van der Waals surface area contributed by atoms with E-state index in [1.807, 2.05) is 60.0 Å². The highest BCUT2D eigenvalue weighted by Crippen LogP contribution is 2.36. The number of fused-ring (bicyclic) bond motifs is 1. The number of anilines is 1. The summed E-state index contributed by atoms with van der Waals surface area (Å²) >= 11 is 4.27. The predicted octanol–water partition coefficient (Wildman–Crippen LogP) is 5.93. The van der Waals surface area contributed by atoms with Crippen LogP contribution in [0.15, 0.2) is 64.3 Å². The first-order chi connectivity index (χ1) is 14.7. The number of thiophene rings is 1. The van der Waals surface area contributed by atoms with E-state index in [0.717, 1.165) is 25.7 Å². The topological polar surface area (TPSA) is 68.3 Å². The molecule has 5 nitrogen and oxygen atoms in total. The van der Waals surface area contributed by atoms with E-state index in [0.29, 0.717) is 10.6 Å². The molecule has 30 heavy (non-hydrogen) atoms. The number of carbonyl (C=O) groups is 2. The lowest BCUT2D eigenvalue weighted by atomic mass is 10.0. The fourth-order valence-electron chi connectivity index (χ4n) is 2.89. The van der Waals surface area contributed by atoms with Gasteiger partial charge in [0.15, 0.2) is 4.34 Å². The third-order valence-corrected chi connectivity index (χ3v) is 7.28. The SMILES string of the molecule is CCOC(=O)c1c(-c2ccccc2)csc1NC(=O)CSc1nc2ccccc2s1. The number of aromatic nitrogens is 1. The van der Waals surface area contributed by atoms with E-state index >= 15 is 0 Å². The lowest BCUT2D eigenvalue weighted by Crippen LogP contribution is -2.16. The van der Waals surface area contributed by atoms with Crippen LogP contribution in [0.4, 0.5) is 5.00 Å². The minimum atomic E-state index is -0.438. The smallest absolute Gasteiger partial charge is 0.341 e. The Hall–Kier alpha value is -2.68. The van der Waals surface area contributed by atoms with Crippen LogP contribution in [0, 0.1) is 0 Å². The molecule has 2 aromatic carbocycles. The maximum absolute atomic E-state index is 12.6. The summed E-state index contributed by atoms with van der Waals surface area (Å²) in [6.45, 7) is 2.03. The number of rotatable bonds is 7. The van der Waals surface area contributed by atoms with Gasteiger partial charge in [0.1, 0.15) is 10.6 Å². The molecule has 0 saturated heterocycles. The minimum absolute atomic E-state index is 0.189. The molecule has 0 bridgehead atoms. The van der Waals surface area contributed by atoms with Gasteiger partial charge >= 0.3 is 5.97 Å². The highest BCUT2D eigenvalue weighted by molar-refractivity contribution is 8.01. The molecule has 4 aromatic rings. The lowest BCUT2D eigenvalue weighted by molar-refractivity contribution is -0.113. The van der Waals surface area contributed by atoms with Crippen molar-refractivity contribution in [2.24, 2.45) is 0 Å². The van der Waals surface area contributed by atoms with E-state index in [4.69, 9.17) is 4.74 Å². The largest absolute Gasteiger partial charge is 0.462 e. The van der Waals surface area contributed by atoms with Crippen LogP contribution in [0.25, 0.3) is 21.3 Å². The van der Waals surface area contributed by atoms with Gasteiger partial charge in [-0.2, -0.15) is 0 Å². The normalized spacial score (nSPS) is 10.8. The first-order valence-corrected chi connectivity index (χ1v) is 12.0. The molecule has 0 spiro atoms. The van der Waals surface area contributed by atoms with Gasteiger partial charge < -0.3 is 10.1 Å². The zero-order valence-corrected chi connectivity index (χ0v) is 18.5. The number of thioether (sulfide) groups is 1. The molecule has 2 aromatic heterocycles. The van der Waals surface area contributed by atoms with Crippen LogP contribution in [0.1, 0.15) is 17.3 Å². The van der Waals surface area contributed by atoms with Crippen LogP contribution in [0.5, 0.6) is 0 Å². The van der Waals surface area contributed by atoms with Gasteiger partial charge in [-0.25, -0.2) is 9.78 Å². The molecule has 0 aliphatic heterocycles. The highest BCUT2D eigenvalue weighted by Gasteiger charge is 2.22. The van der Waals surface area contributed by atoms with Crippen molar-refractivity contribution in [1.29, 1.82) is 0 Å². The highest BCUT2D eigenvalue weighted by atomic mass is 32.2. The van der Waals surface area contributed by atoms with Crippen molar-refractivity contribution >= 4 is 61.5 Å². The molecule has 152 valence electrons. The second-order valence-corrected chi connectivity index (χ2v) is 9.36. The van der Waals surface area contributed by atoms with Crippen LogP contribution < -0.4 is 5.32 Å². The maximum atomic E-state index is 12.6. The standard InChI is InChI=1S/C22H18N2O3S3/c1-2-27-21(26)19-15(14-8-4-3-5-9-14)12-28-20(19)24-18(25)13-29-22-23-16-10-6-7-11-17(16)30-22/h3-12H,2,13H2,1H3,(H,24,25). The number of esters is 1. The van der Waals surface area contributed by atoms with Gasteiger partial charge in [0.2, 0.25) is 5.91 Å². The molecule has 8 heteroatoms. The third-order valence-electron chi connectivity index (χ3n) is 4.21. The van der Waals surface area contributed by atoms with Gasteiger partial charge in [-0.15, -0.1) is 22.7 Å². The van der Waals surface area contributed by atoms with Gasteiger partial charge in [0, 0.05) is 10.9 Å². The number of thiazole rings is 1. The van der Waals surface area contributed by atoms with E-state index in [-0.39, 0.29) is 18.3 Å². The molecule has 0 radical (unpaired) electrons. The van der Waals surface area contributed by atoms with E-state index in [1.165, 1.54) is 23.1 Å². The molecule has 2 heterocycles. The van der Waals surface area contributed by atoms with Crippen LogP contribution in [-0.2, 0) is 9.53 Å². The fourth-order valence-corrected chi connectivity index (χ4v) is 5.73. The molecule has 1 N–H and O–H groups in total. The first-order valence-electron chi connectivity index (χ1n) is 9.28. The summed E-state index contributed by atoms with van der Waals surface area (Å²) in [5, 5.41) is 5.25. The number of carbonyl (C=O) groups excluding carboxylic acids is 2. The predicted molar refractivity (Wildman–Crippen MR) is 125 cm³/mol. The number of para-hydroxylation sites is 1. The van der Waals surface area contributed by atoms with Crippen molar-refractivity contribution in [3.05, 3.63) is 65.5 Å². The van der Waals surface area contributed by atoms with Crippen LogP contribution >= 0.6 is 34.4 Å². The summed E-state index contributed by atoms with van der Waals surface area (Å²) in [6, 6.07) is 17.5. The summed E-state index contributed by atoms with van der Waals surface area (Å²) in [5.41, 5.74) is 2.99. The van der Waals surface area contributed by atoms with Crippen molar-refractivity contribution in [1.82, 2.24) is 4.98 Å². The molecule has 0 aliphatic carbocycles. The molecular weight excluding hydrogens is 436 g/mol. The monoisotopic (exact) mass is 454 g/mol. The number of hydrogen-bond donors (Lipinski definition) is 1. The van der Waals surface area contributed by atoms with Gasteiger partial charge in [-0.05, 0) is 24.6 Å². The maximum Gasteiger partial charge on any atom is 0.341 e. The molecule has 0 saturated carbocycles. The average Bonchev–Trinajstić information content (AvgIpc) is 3.37. The van der Waals surface area contributed by atoms with Crippen molar-refractivity contribution in [3.63, 3.8) is 0 Å². The van der Waals surface area contributed by atoms with E-state index in [9.17, 15) is 9.59 Å². The molecule has 0 fully saturated rings. The van der Waals surface area contributed by atoms with Crippen molar-refractivity contribution in [3.8, 4) is 11.1 Å². The van der Waals surface area contributed by atoms with Crippen LogP contribution in [0.3, 0.4) is 0 Å². The Bertz CT molecular complexity index is 1150. The Morgan fingerprint density at radius 2 is 1.87 bits per heavy atom. The molecule has 4 rings (SSSR count). The van der Waals surface area contributed by atoms with Gasteiger partial charge in [0.25, 0.3) is 0 Å². The van der Waals surface area contributed by atoms with Crippen molar-refractivity contribution in [2.45, 2.75) is 11.3 Å². The zero-order chi connectivity index (χ0) is 20.9. The summed E-state index contributed by atoms with van der Waals surface area (Å²) in [4.78, 5) is 29.7. The molecule has 0 atom stereocenters. The lowest BCUT2D eigenvalue weighted by Gasteiger charge is -2.08. The number of nitrogens with one attached hydrogen (secondary N) is 1.